The number of allylic oxidation sites excluding steroid dienone is 5. The second-order valence-electron chi connectivity index (χ2n) is 19.4. The molecule has 3 aliphatic rings. The van der Waals surface area contributed by atoms with Crippen LogP contribution in [0.3, 0.4) is 0 Å². The van der Waals surface area contributed by atoms with Crippen molar-refractivity contribution in [3.05, 3.63) is 60.8 Å². The van der Waals surface area contributed by atoms with Crippen molar-refractivity contribution in [1.29, 1.82) is 0 Å². The quantitative estimate of drug-likeness (QED) is 0.0335. The maximum absolute atomic E-state index is 9.37. The van der Waals surface area contributed by atoms with Crippen LogP contribution in [-0.4, -0.2) is 142 Å². The first-order valence-electron chi connectivity index (χ1n) is 24.9. The summed E-state index contributed by atoms with van der Waals surface area (Å²) in [6.07, 6.45) is 13.7. The van der Waals surface area contributed by atoms with Crippen LogP contribution in [0.15, 0.2) is 60.8 Å². The monoisotopic (exact) mass is 977 g/mol. The zero-order chi connectivity index (χ0) is 52.1. The van der Waals surface area contributed by atoms with E-state index in [-0.39, 0.29) is 82.7 Å². The lowest BCUT2D eigenvalue weighted by molar-refractivity contribution is -0.226. The molecule has 3 aliphatic heterocycles. The molecular weight excluding hydrogens is 869 g/mol. The van der Waals surface area contributed by atoms with Gasteiger partial charge < -0.3 is 64.5 Å². The molecule has 14 atom stereocenters. The van der Waals surface area contributed by atoms with Crippen molar-refractivity contribution in [2.24, 2.45) is 23.7 Å². The van der Waals surface area contributed by atoms with E-state index in [0.29, 0.717) is 43.3 Å². The molecule has 0 spiro atoms. The average molecular weight is 977 g/mol. The van der Waals surface area contributed by atoms with E-state index in [9.17, 15) is 10.2 Å². The molecule has 0 radical (unpaired) electrons. The Morgan fingerprint density at radius 1 is 0.515 bits per heavy atom. The maximum Gasteiger partial charge on any atom is 0.155 e. The minimum Gasteiger partial charge on any atom is -0.396 e. The summed E-state index contributed by atoms with van der Waals surface area (Å²) in [7, 11) is 0. The lowest BCUT2D eigenvalue weighted by Gasteiger charge is -2.33. The minimum absolute atomic E-state index is 0. The molecule has 406 valence electrons. The molecule has 0 saturated carbocycles. The summed E-state index contributed by atoms with van der Waals surface area (Å²) >= 11 is 0. The van der Waals surface area contributed by atoms with E-state index in [1.807, 2.05) is 54.5 Å². The van der Waals surface area contributed by atoms with Crippen LogP contribution in [0.4, 0.5) is 0 Å². The summed E-state index contributed by atoms with van der Waals surface area (Å²) in [4.78, 5) is 0. The van der Waals surface area contributed by atoms with Crippen molar-refractivity contribution in [2.75, 3.05) is 39.6 Å². The Balaban J connectivity index is -0.000000362. The largest absolute Gasteiger partial charge is 0.396 e. The molecule has 4 unspecified atom stereocenters. The van der Waals surface area contributed by atoms with Crippen LogP contribution in [-0.2, 0) is 23.7 Å². The lowest BCUT2D eigenvalue weighted by atomic mass is 9.98. The topological polar surface area (TPSA) is 211 Å². The smallest absolute Gasteiger partial charge is 0.155 e. The fourth-order valence-corrected chi connectivity index (χ4v) is 6.25. The van der Waals surface area contributed by atoms with Gasteiger partial charge in [0.2, 0.25) is 0 Å². The van der Waals surface area contributed by atoms with E-state index >= 15 is 0 Å². The molecule has 13 heteroatoms. The molecule has 3 fully saturated rings. The molecule has 0 aromatic rings. The zero-order valence-electron chi connectivity index (χ0n) is 44.4. The Bertz CT molecular complexity index is 1260. The minimum atomic E-state index is -0.491. The van der Waals surface area contributed by atoms with Gasteiger partial charge >= 0.3 is 0 Å². The fourth-order valence-electron chi connectivity index (χ4n) is 6.25. The molecule has 0 amide bonds. The fraction of sp³-hybridized carbons (Fsp3) is 0.818. The van der Waals surface area contributed by atoms with Crippen molar-refractivity contribution < 1.29 is 64.5 Å². The molecule has 3 rings (SSSR count). The molecule has 0 aliphatic carbocycles. The standard InChI is InChI=1S/C11H20O2.C10H20O3.C9H18O2.C8H18O3.C8H14O2.C8H14O.CH4/c1-8(2)5-6-11-9(3)7-12-10(4)13-11;1-7-6-12-9(3)13-10(7)5-4-8(2)11;1-7(2)4-5-9(11)8(3)6-10;1-6(5-9)8(11)4-3-7(2)10;1-6(2)3-4-7-8(5-9)10-7;1-8(2)6-4-3-5-7-9;/h9-11H,1,5-7H2,2-4H3;7-11H,4-6H2,1-3H3;8-11H,1,4-6H2,2-3H3;6-11H,3-5H2,1-2H3;7-9H,1,3-5H2,2H3;3,5,9H,1,4,6-7H2,2H3;1H4/b;;;;;5-3+;/t9-,10?,11+;7-,8?,9?,10+;8-,9+;6-,7?,8+;7-,8-;;/m00001../s1. The number of hydrogen-bond donors (Lipinski definition) is 8. The maximum atomic E-state index is 9.37. The lowest BCUT2D eigenvalue weighted by Crippen LogP contribution is -2.37. The van der Waals surface area contributed by atoms with Gasteiger partial charge in [0, 0.05) is 36.9 Å². The Morgan fingerprint density at radius 3 is 1.29 bits per heavy atom. The molecule has 13 nitrogen and oxygen atoms in total. The highest BCUT2D eigenvalue weighted by molar-refractivity contribution is 4.94. The van der Waals surface area contributed by atoms with E-state index in [1.54, 1.807) is 19.9 Å². The van der Waals surface area contributed by atoms with E-state index in [2.05, 4.69) is 47.1 Å². The summed E-state index contributed by atoms with van der Waals surface area (Å²) < 4.78 is 27.2. The third-order valence-electron chi connectivity index (χ3n) is 11.3. The third kappa shape index (κ3) is 45.3. The predicted molar refractivity (Wildman–Crippen MR) is 280 cm³/mol. The van der Waals surface area contributed by atoms with Gasteiger partial charge in [0.1, 0.15) is 6.10 Å². The SMILES string of the molecule is C.C=C(C)CC/C=C/CO.C=C(C)CC[C@@H](O)[C@@H](C)CO.C=C(C)CC[C@H]1OC(C)OC[C@@H]1C.C=C(C)CC[C@H]1O[C@@H]1CO.CC(O)CC[C@@H](O)[C@@H](C)CO.CC(O)CC[C@H]1OC(C)OC[C@@H]1C. The van der Waals surface area contributed by atoms with Crippen LogP contribution in [0.1, 0.15) is 168 Å². The number of hydrogen-bond acceptors (Lipinski definition) is 13. The molecule has 8 N–H and O–H groups in total. The van der Waals surface area contributed by atoms with Crippen molar-refractivity contribution in [1.82, 2.24) is 0 Å². The van der Waals surface area contributed by atoms with E-state index in [1.165, 1.54) is 16.7 Å². The number of ether oxygens (including phenoxy) is 5. The van der Waals surface area contributed by atoms with Gasteiger partial charge in [0.15, 0.2) is 12.6 Å². The first-order valence-corrected chi connectivity index (χ1v) is 24.9. The summed E-state index contributed by atoms with van der Waals surface area (Å²) in [6, 6.07) is 0. The van der Waals surface area contributed by atoms with Crippen molar-refractivity contribution in [3.8, 4) is 0 Å². The van der Waals surface area contributed by atoms with Gasteiger partial charge in [-0.05, 0) is 132 Å². The summed E-state index contributed by atoms with van der Waals surface area (Å²) in [5.41, 5.74) is 4.69. The first-order chi connectivity index (χ1) is 31.3. The highest BCUT2D eigenvalue weighted by Crippen LogP contribution is 2.27. The number of epoxide rings is 1. The van der Waals surface area contributed by atoms with Crippen molar-refractivity contribution >= 4 is 0 Å². The van der Waals surface area contributed by atoms with Crippen LogP contribution >= 0.6 is 0 Å². The van der Waals surface area contributed by atoms with Gasteiger partial charge in [-0.3, -0.25) is 0 Å². The van der Waals surface area contributed by atoms with Crippen LogP contribution in [0.25, 0.3) is 0 Å². The average Bonchev–Trinajstić information content (AvgIpc) is 4.05. The zero-order valence-corrected chi connectivity index (χ0v) is 44.4. The Labute approximate surface area is 416 Å². The third-order valence-corrected chi connectivity index (χ3v) is 11.3. The molecule has 3 saturated heterocycles. The molecule has 3 heterocycles. The van der Waals surface area contributed by atoms with Gasteiger partial charge in [-0.25, -0.2) is 0 Å². The highest BCUT2D eigenvalue weighted by atomic mass is 16.7. The van der Waals surface area contributed by atoms with Gasteiger partial charge in [-0.2, -0.15) is 0 Å². The normalized spacial score (nSPS) is 25.3. The Kier molecular flexibility index (Phi) is 48.2. The van der Waals surface area contributed by atoms with E-state index in [4.69, 9.17) is 54.3 Å². The van der Waals surface area contributed by atoms with Crippen molar-refractivity contribution in [2.45, 2.75) is 229 Å². The van der Waals surface area contributed by atoms with E-state index in [0.717, 1.165) is 76.6 Å². The summed E-state index contributed by atoms with van der Waals surface area (Å²) in [5.74, 6) is 0.841. The molecule has 0 aromatic heterocycles. The number of aliphatic hydroxyl groups excluding tert-OH is 8. The van der Waals surface area contributed by atoms with Gasteiger partial charge in [0.25, 0.3) is 0 Å². The molecular formula is C55H108O13. The molecule has 0 aromatic carbocycles. The molecule has 0 bridgehead atoms. The van der Waals surface area contributed by atoms with E-state index < -0.39 is 12.2 Å². The predicted octanol–water partition coefficient (Wildman–Crippen LogP) is 9.38. The van der Waals surface area contributed by atoms with Gasteiger partial charge in [-0.1, -0.05) is 69.6 Å². The van der Waals surface area contributed by atoms with Crippen LogP contribution in [0.5, 0.6) is 0 Å². The second-order valence-corrected chi connectivity index (χ2v) is 19.4. The number of rotatable bonds is 24. The summed E-state index contributed by atoms with van der Waals surface area (Å²) in [6.45, 7) is 40.5. The second kappa shape index (κ2) is 45.1. The number of aliphatic hydroxyl groups is 8. The first kappa shape index (κ1) is 72.7. The van der Waals surface area contributed by atoms with Gasteiger partial charge in [0.05, 0.1) is 69.2 Å². The van der Waals surface area contributed by atoms with Crippen molar-refractivity contribution in [3.63, 3.8) is 0 Å². The van der Waals surface area contributed by atoms with Crippen LogP contribution in [0.2, 0.25) is 0 Å². The Hall–Kier alpha value is -1.82. The summed E-state index contributed by atoms with van der Waals surface area (Å²) in [5, 5.41) is 70.9. The Morgan fingerprint density at radius 2 is 0.926 bits per heavy atom. The molecule has 68 heavy (non-hydrogen) atoms. The van der Waals surface area contributed by atoms with Crippen LogP contribution in [0, 0.1) is 23.7 Å². The van der Waals surface area contributed by atoms with Gasteiger partial charge in [-0.15, -0.1) is 26.3 Å². The highest BCUT2D eigenvalue weighted by Gasteiger charge is 2.37. The van der Waals surface area contributed by atoms with Crippen LogP contribution < -0.4 is 0 Å².